The highest BCUT2D eigenvalue weighted by molar-refractivity contribution is 5.94. The first-order valence-electron chi connectivity index (χ1n) is 3.69. The van der Waals surface area contributed by atoms with E-state index in [4.69, 9.17) is 0 Å². The normalized spacial score (nSPS) is 10.2. The van der Waals surface area contributed by atoms with E-state index < -0.39 is 5.97 Å². The number of ether oxygens (including phenoxy) is 1. The molecule has 66 valence electrons. The van der Waals surface area contributed by atoms with Crippen LogP contribution in [0.4, 0.5) is 0 Å². The number of nitrogens with zero attached hydrogens (tertiary/aromatic N) is 3. The first-order chi connectivity index (χ1) is 6.33. The number of carbonyl (C=O) groups is 1. The number of imidazole rings is 1. The van der Waals surface area contributed by atoms with Gasteiger partial charge in [0.2, 0.25) is 0 Å². The standard InChI is InChI=1S/C8H7N3O2/c1-13-8(12)7-6-3-2-4-10-11(6)5-9-7/h2-5H,1H3. The molecule has 0 spiro atoms. The van der Waals surface area contributed by atoms with Crippen molar-refractivity contribution in [3.63, 3.8) is 0 Å². The van der Waals surface area contributed by atoms with Gasteiger partial charge in [0.25, 0.3) is 0 Å². The van der Waals surface area contributed by atoms with Gasteiger partial charge in [0.05, 0.1) is 12.6 Å². The Morgan fingerprint density at radius 2 is 2.46 bits per heavy atom. The van der Waals surface area contributed by atoms with Crippen LogP contribution in [0, 0.1) is 0 Å². The number of hydrogen-bond acceptors (Lipinski definition) is 4. The summed E-state index contributed by atoms with van der Waals surface area (Å²) in [5, 5.41) is 3.96. The van der Waals surface area contributed by atoms with Crippen molar-refractivity contribution >= 4 is 11.5 Å². The van der Waals surface area contributed by atoms with Crippen molar-refractivity contribution in [1.82, 2.24) is 14.6 Å². The molecule has 0 atom stereocenters. The van der Waals surface area contributed by atoms with E-state index in [-0.39, 0.29) is 5.69 Å². The molecular formula is C8H7N3O2. The SMILES string of the molecule is COC(=O)c1ncn2ncccc12. The molecule has 0 bridgehead atoms. The zero-order chi connectivity index (χ0) is 9.26. The zero-order valence-corrected chi connectivity index (χ0v) is 6.97. The second kappa shape index (κ2) is 2.85. The molecule has 0 saturated carbocycles. The van der Waals surface area contributed by atoms with Crippen molar-refractivity contribution in [2.75, 3.05) is 7.11 Å². The van der Waals surface area contributed by atoms with Gasteiger partial charge in [-0.3, -0.25) is 0 Å². The summed E-state index contributed by atoms with van der Waals surface area (Å²) in [4.78, 5) is 15.1. The molecule has 0 aliphatic rings. The Hall–Kier alpha value is -1.91. The van der Waals surface area contributed by atoms with Crippen LogP contribution in [0.1, 0.15) is 10.5 Å². The maximum atomic E-state index is 11.2. The number of aromatic nitrogens is 3. The van der Waals surface area contributed by atoms with Gasteiger partial charge in [0.15, 0.2) is 5.69 Å². The molecule has 0 saturated heterocycles. The van der Waals surface area contributed by atoms with Gasteiger partial charge in [0.1, 0.15) is 6.33 Å². The van der Waals surface area contributed by atoms with Crippen molar-refractivity contribution in [3.05, 3.63) is 30.4 Å². The Bertz CT molecular complexity index is 449. The molecule has 0 fully saturated rings. The highest BCUT2D eigenvalue weighted by atomic mass is 16.5. The Morgan fingerprint density at radius 1 is 1.62 bits per heavy atom. The number of fused-ring (bicyclic) bond motifs is 1. The number of carbonyl (C=O) groups excluding carboxylic acids is 1. The summed E-state index contributed by atoms with van der Waals surface area (Å²) in [7, 11) is 1.32. The third-order valence-electron chi connectivity index (χ3n) is 1.70. The molecule has 2 aromatic heterocycles. The first kappa shape index (κ1) is 7.72. The second-order valence-corrected chi connectivity index (χ2v) is 2.44. The van der Waals surface area contributed by atoms with Gasteiger partial charge in [0, 0.05) is 6.20 Å². The van der Waals surface area contributed by atoms with E-state index >= 15 is 0 Å². The van der Waals surface area contributed by atoms with Crippen LogP contribution in [0.15, 0.2) is 24.7 Å². The summed E-state index contributed by atoms with van der Waals surface area (Å²) in [5.74, 6) is -0.449. The lowest BCUT2D eigenvalue weighted by atomic mass is 10.3. The predicted octanol–water partition coefficient (Wildman–Crippen LogP) is 0.516. The van der Waals surface area contributed by atoms with Crippen LogP contribution in [0.5, 0.6) is 0 Å². The minimum absolute atomic E-state index is 0.288. The summed E-state index contributed by atoms with van der Waals surface area (Å²) >= 11 is 0. The van der Waals surface area contributed by atoms with Gasteiger partial charge in [-0.05, 0) is 12.1 Å². The lowest BCUT2D eigenvalue weighted by Crippen LogP contribution is -2.02. The molecule has 2 heterocycles. The fourth-order valence-electron chi connectivity index (χ4n) is 1.10. The molecule has 2 aromatic rings. The summed E-state index contributed by atoms with van der Waals surface area (Å²) < 4.78 is 6.08. The number of methoxy groups -OCH3 is 1. The largest absolute Gasteiger partial charge is 0.464 e. The lowest BCUT2D eigenvalue weighted by Gasteiger charge is -1.94. The second-order valence-electron chi connectivity index (χ2n) is 2.44. The van der Waals surface area contributed by atoms with Crippen LogP contribution in [0.25, 0.3) is 5.52 Å². The molecule has 0 N–H and O–H groups in total. The van der Waals surface area contributed by atoms with E-state index in [2.05, 4.69) is 14.8 Å². The molecule has 0 aliphatic heterocycles. The van der Waals surface area contributed by atoms with Crippen LogP contribution in [-0.2, 0) is 4.74 Å². The quantitative estimate of drug-likeness (QED) is 0.596. The molecule has 0 aliphatic carbocycles. The lowest BCUT2D eigenvalue weighted by molar-refractivity contribution is 0.0597. The predicted molar refractivity (Wildman–Crippen MR) is 44.3 cm³/mol. The highest BCUT2D eigenvalue weighted by Gasteiger charge is 2.12. The highest BCUT2D eigenvalue weighted by Crippen LogP contribution is 2.07. The van der Waals surface area contributed by atoms with Crippen LogP contribution in [-0.4, -0.2) is 27.7 Å². The van der Waals surface area contributed by atoms with E-state index in [0.717, 1.165) is 0 Å². The Kier molecular flexibility index (Phi) is 1.70. The third kappa shape index (κ3) is 1.14. The van der Waals surface area contributed by atoms with Crippen molar-refractivity contribution in [2.24, 2.45) is 0 Å². The van der Waals surface area contributed by atoms with Crippen LogP contribution < -0.4 is 0 Å². The smallest absolute Gasteiger partial charge is 0.358 e. The molecule has 2 rings (SSSR count). The van der Waals surface area contributed by atoms with Gasteiger partial charge < -0.3 is 4.74 Å². The maximum Gasteiger partial charge on any atom is 0.358 e. The third-order valence-corrected chi connectivity index (χ3v) is 1.70. The molecule has 0 unspecified atom stereocenters. The topological polar surface area (TPSA) is 56.5 Å². The van der Waals surface area contributed by atoms with Gasteiger partial charge >= 0.3 is 5.97 Å². The summed E-state index contributed by atoms with van der Waals surface area (Å²) in [6, 6.07) is 3.50. The molecule has 0 aromatic carbocycles. The Balaban J connectivity index is 2.64. The fourth-order valence-corrected chi connectivity index (χ4v) is 1.10. The Labute approximate surface area is 74.0 Å². The fraction of sp³-hybridized carbons (Fsp3) is 0.125. The van der Waals surface area contributed by atoms with Crippen molar-refractivity contribution in [2.45, 2.75) is 0 Å². The minimum atomic E-state index is -0.449. The molecule has 0 amide bonds. The summed E-state index contributed by atoms with van der Waals surface area (Å²) in [6.45, 7) is 0. The number of rotatable bonds is 1. The average molecular weight is 177 g/mol. The van der Waals surface area contributed by atoms with E-state index in [9.17, 15) is 4.79 Å². The summed E-state index contributed by atoms with van der Waals surface area (Å²) in [5.41, 5.74) is 0.935. The van der Waals surface area contributed by atoms with Gasteiger partial charge in [-0.2, -0.15) is 5.10 Å². The molecule has 5 heteroatoms. The average Bonchev–Trinajstić information content (AvgIpc) is 2.60. The van der Waals surface area contributed by atoms with Crippen molar-refractivity contribution in [1.29, 1.82) is 0 Å². The molecule has 5 nitrogen and oxygen atoms in total. The minimum Gasteiger partial charge on any atom is -0.464 e. The summed E-state index contributed by atoms with van der Waals surface area (Å²) in [6.07, 6.45) is 3.09. The zero-order valence-electron chi connectivity index (χ0n) is 6.97. The first-order valence-corrected chi connectivity index (χ1v) is 3.69. The maximum absolute atomic E-state index is 11.2. The van der Waals surface area contributed by atoms with Gasteiger partial charge in [-0.1, -0.05) is 0 Å². The van der Waals surface area contributed by atoms with Crippen LogP contribution >= 0.6 is 0 Å². The number of hydrogen-bond donors (Lipinski definition) is 0. The molecule has 0 radical (unpaired) electrons. The Morgan fingerprint density at radius 3 is 3.23 bits per heavy atom. The molecular weight excluding hydrogens is 170 g/mol. The van der Waals surface area contributed by atoms with Gasteiger partial charge in [-0.25, -0.2) is 14.3 Å². The van der Waals surface area contributed by atoms with Crippen molar-refractivity contribution in [3.8, 4) is 0 Å². The van der Waals surface area contributed by atoms with Gasteiger partial charge in [-0.15, -0.1) is 0 Å². The van der Waals surface area contributed by atoms with E-state index in [1.54, 1.807) is 18.3 Å². The molecule has 13 heavy (non-hydrogen) atoms. The van der Waals surface area contributed by atoms with E-state index in [1.165, 1.54) is 18.0 Å². The van der Waals surface area contributed by atoms with Crippen LogP contribution in [0.2, 0.25) is 0 Å². The monoisotopic (exact) mass is 177 g/mol. The number of esters is 1. The van der Waals surface area contributed by atoms with Crippen LogP contribution in [0.3, 0.4) is 0 Å². The van der Waals surface area contributed by atoms with E-state index in [1.807, 2.05) is 0 Å². The van der Waals surface area contributed by atoms with Crippen molar-refractivity contribution < 1.29 is 9.53 Å². The van der Waals surface area contributed by atoms with E-state index in [0.29, 0.717) is 5.52 Å².